The van der Waals surface area contributed by atoms with Gasteiger partial charge in [-0.05, 0) is 35.0 Å². The summed E-state index contributed by atoms with van der Waals surface area (Å²) in [6.07, 6.45) is 0. The predicted octanol–water partition coefficient (Wildman–Crippen LogP) is 1.35. The second-order valence-corrected chi connectivity index (χ2v) is 3.27. The molecule has 2 rings (SSSR count). The number of carbonyl (C=O) groups excluding carboxylic acids is 1. The van der Waals surface area contributed by atoms with Gasteiger partial charge in [-0.1, -0.05) is 6.07 Å². The van der Waals surface area contributed by atoms with Crippen LogP contribution in [0.15, 0.2) is 30.3 Å². The molecule has 0 heterocycles. The van der Waals surface area contributed by atoms with Crippen molar-refractivity contribution in [3.63, 3.8) is 0 Å². The molecule has 4 N–H and O–H groups in total. The molecular formula is C11H9NO3. The maximum absolute atomic E-state index is 11.0. The molecule has 0 atom stereocenters. The molecule has 0 aliphatic carbocycles. The third kappa shape index (κ3) is 1.57. The number of phenols is 2. The molecule has 76 valence electrons. The van der Waals surface area contributed by atoms with Crippen molar-refractivity contribution in [2.24, 2.45) is 5.73 Å². The van der Waals surface area contributed by atoms with Gasteiger partial charge in [-0.25, -0.2) is 0 Å². The Bertz CT molecular complexity index is 549. The van der Waals surface area contributed by atoms with Crippen LogP contribution in [0.1, 0.15) is 10.4 Å². The maximum atomic E-state index is 11.0. The quantitative estimate of drug-likeness (QED) is 0.654. The van der Waals surface area contributed by atoms with Gasteiger partial charge < -0.3 is 15.9 Å². The summed E-state index contributed by atoms with van der Waals surface area (Å²) in [5.41, 5.74) is 5.13. The highest BCUT2D eigenvalue weighted by Crippen LogP contribution is 2.27. The van der Waals surface area contributed by atoms with Gasteiger partial charge in [0.25, 0.3) is 5.91 Å². The standard InChI is InChI=1S/C11H9NO3/c12-11(15)9-4-7-3-8(13)2-1-6(7)5-10(9)14/h1-5,13-14H,(H2,12,15). The third-order valence-electron chi connectivity index (χ3n) is 2.20. The molecule has 4 nitrogen and oxygen atoms in total. The number of hydrogen-bond acceptors (Lipinski definition) is 3. The zero-order valence-corrected chi connectivity index (χ0v) is 7.77. The highest BCUT2D eigenvalue weighted by molar-refractivity contribution is 6.00. The fourth-order valence-corrected chi connectivity index (χ4v) is 1.47. The molecule has 0 saturated heterocycles. The van der Waals surface area contributed by atoms with E-state index in [1.807, 2.05) is 0 Å². The minimum Gasteiger partial charge on any atom is -0.508 e. The number of aromatic hydroxyl groups is 2. The van der Waals surface area contributed by atoms with Crippen molar-refractivity contribution < 1.29 is 15.0 Å². The summed E-state index contributed by atoms with van der Waals surface area (Å²) in [6, 6.07) is 7.55. The van der Waals surface area contributed by atoms with Crippen LogP contribution in [0.4, 0.5) is 0 Å². The maximum Gasteiger partial charge on any atom is 0.252 e. The number of nitrogens with two attached hydrogens (primary N) is 1. The molecule has 0 aromatic heterocycles. The van der Waals surface area contributed by atoms with E-state index in [1.54, 1.807) is 6.07 Å². The molecule has 0 unspecified atom stereocenters. The zero-order chi connectivity index (χ0) is 11.0. The first-order valence-electron chi connectivity index (χ1n) is 4.33. The molecule has 0 saturated carbocycles. The summed E-state index contributed by atoms with van der Waals surface area (Å²) in [5.74, 6) is -0.748. The van der Waals surface area contributed by atoms with Crippen molar-refractivity contribution in [1.82, 2.24) is 0 Å². The van der Waals surface area contributed by atoms with Gasteiger partial charge in [-0.3, -0.25) is 4.79 Å². The van der Waals surface area contributed by atoms with Crippen LogP contribution in [0.2, 0.25) is 0 Å². The molecule has 1 amide bonds. The van der Waals surface area contributed by atoms with E-state index in [0.29, 0.717) is 5.39 Å². The number of benzene rings is 2. The van der Waals surface area contributed by atoms with Crippen molar-refractivity contribution in [3.8, 4) is 11.5 Å². The van der Waals surface area contributed by atoms with Crippen LogP contribution in [-0.4, -0.2) is 16.1 Å². The van der Waals surface area contributed by atoms with Crippen LogP contribution in [0.25, 0.3) is 10.8 Å². The van der Waals surface area contributed by atoms with Gasteiger partial charge in [0.1, 0.15) is 11.5 Å². The summed E-state index contributed by atoms with van der Waals surface area (Å²) < 4.78 is 0. The summed E-state index contributed by atoms with van der Waals surface area (Å²) in [5, 5.41) is 20.1. The van der Waals surface area contributed by atoms with Crippen molar-refractivity contribution in [2.45, 2.75) is 0 Å². The molecule has 4 heteroatoms. The van der Waals surface area contributed by atoms with Gasteiger partial charge in [0.15, 0.2) is 0 Å². The lowest BCUT2D eigenvalue weighted by atomic mass is 10.1. The second-order valence-electron chi connectivity index (χ2n) is 3.27. The van der Waals surface area contributed by atoms with E-state index in [-0.39, 0.29) is 17.1 Å². The Kier molecular flexibility index (Phi) is 1.97. The third-order valence-corrected chi connectivity index (χ3v) is 2.20. The molecule has 0 aliphatic rings. The van der Waals surface area contributed by atoms with Crippen LogP contribution < -0.4 is 5.73 Å². The number of hydrogen-bond donors (Lipinski definition) is 3. The Morgan fingerprint density at radius 1 is 1.07 bits per heavy atom. The van der Waals surface area contributed by atoms with E-state index in [1.165, 1.54) is 24.3 Å². The van der Waals surface area contributed by atoms with Crippen LogP contribution in [-0.2, 0) is 0 Å². The lowest BCUT2D eigenvalue weighted by Gasteiger charge is -2.04. The van der Waals surface area contributed by atoms with E-state index < -0.39 is 5.91 Å². The van der Waals surface area contributed by atoms with Crippen LogP contribution >= 0.6 is 0 Å². The lowest BCUT2D eigenvalue weighted by molar-refractivity contribution is 0.0998. The van der Waals surface area contributed by atoms with Gasteiger partial charge in [0.2, 0.25) is 0 Å². The summed E-state index contributed by atoms with van der Waals surface area (Å²) >= 11 is 0. The second kappa shape index (κ2) is 3.16. The van der Waals surface area contributed by atoms with Gasteiger partial charge in [-0.15, -0.1) is 0 Å². The average Bonchev–Trinajstić information content (AvgIpc) is 2.17. The fraction of sp³-hybridized carbons (Fsp3) is 0. The molecule has 2 aromatic carbocycles. The molecule has 0 fully saturated rings. The zero-order valence-electron chi connectivity index (χ0n) is 7.77. The van der Waals surface area contributed by atoms with Gasteiger partial charge >= 0.3 is 0 Å². The van der Waals surface area contributed by atoms with E-state index in [2.05, 4.69) is 0 Å². The normalized spacial score (nSPS) is 10.4. The lowest BCUT2D eigenvalue weighted by Crippen LogP contribution is -2.10. The fourth-order valence-electron chi connectivity index (χ4n) is 1.47. The minimum absolute atomic E-state index is 0.0492. The van der Waals surface area contributed by atoms with Crippen molar-refractivity contribution in [3.05, 3.63) is 35.9 Å². The summed E-state index contributed by atoms with van der Waals surface area (Å²) in [7, 11) is 0. The molecule has 0 spiro atoms. The average molecular weight is 203 g/mol. The van der Waals surface area contributed by atoms with Crippen LogP contribution in [0.3, 0.4) is 0 Å². The van der Waals surface area contributed by atoms with E-state index in [9.17, 15) is 15.0 Å². The van der Waals surface area contributed by atoms with Gasteiger partial charge in [0.05, 0.1) is 5.56 Å². The molecule has 0 radical (unpaired) electrons. The number of fused-ring (bicyclic) bond motifs is 1. The van der Waals surface area contributed by atoms with Crippen LogP contribution in [0, 0.1) is 0 Å². The predicted molar refractivity (Wildman–Crippen MR) is 55.8 cm³/mol. The van der Waals surface area contributed by atoms with Gasteiger partial charge in [0, 0.05) is 0 Å². The molecule has 15 heavy (non-hydrogen) atoms. The Hall–Kier alpha value is -2.23. The Morgan fingerprint density at radius 2 is 1.80 bits per heavy atom. The van der Waals surface area contributed by atoms with E-state index in [4.69, 9.17) is 5.73 Å². The number of rotatable bonds is 1. The Morgan fingerprint density at radius 3 is 2.47 bits per heavy atom. The first kappa shape index (κ1) is 9.33. The highest BCUT2D eigenvalue weighted by atomic mass is 16.3. The molecule has 0 bridgehead atoms. The first-order chi connectivity index (χ1) is 7.08. The Labute approximate surface area is 85.6 Å². The molecule has 0 aliphatic heterocycles. The van der Waals surface area contributed by atoms with Gasteiger partial charge in [-0.2, -0.15) is 0 Å². The first-order valence-corrected chi connectivity index (χ1v) is 4.33. The Balaban J connectivity index is 2.77. The summed E-state index contributed by atoms with van der Waals surface area (Å²) in [4.78, 5) is 11.0. The smallest absolute Gasteiger partial charge is 0.252 e. The number of amides is 1. The number of primary amides is 1. The molecule has 2 aromatic rings. The SMILES string of the molecule is NC(=O)c1cc2cc(O)ccc2cc1O. The van der Waals surface area contributed by atoms with E-state index >= 15 is 0 Å². The minimum atomic E-state index is -0.697. The van der Waals surface area contributed by atoms with Crippen molar-refractivity contribution in [1.29, 1.82) is 0 Å². The monoisotopic (exact) mass is 203 g/mol. The highest BCUT2D eigenvalue weighted by Gasteiger charge is 2.08. The van der Waals surface area contributed by atoms with Crippen molar-refractivity contribution >= 4 is 16.7 Å². The van der Waals surface area contributed by atoms with Crippen molar-refractivity contribution in [2.75, 3.05) is 0 Å². The topological polar surface area (TPSA) is 83.6 Å². The summed E-state index contributed by atoms with van der Waals surface area (Å²) in [6.45, 7) is 0. The number of phenolic OH excluding ortho intramolecular Hbond substituents is 1. The van der Waals surface area contributed by atoms with E-state index in [0.717, 1.165) is 5.39 Å². The largest absolute Gasteiger partial charge is 0.508 e. The van der Waals surface area contributed by atoms with Crippen LogP contribution in [0.5, 0.6) is 11.5 Å². The molecular weight excluding hydrogens is 194 g/mol. The number of carbonyl (C=O) groups is 1.